The maximum atomic E-state index is 12.1. The number of thiophene rings is 1. The Morgan fingerprint density at radius 2 is 2.15 bits per heavy atom. The molecule has 5 nitrogen and oxygen atoms in total. The normalized spacial score (nSPS) is 10.3. The molecule has 0 radical (unpaired) electrons. The fraction of sp³-hybridized carbons (Fsp3) is 0.214. The topological polar surface area (TPSA) is 79.3 Å². The van der Waals surface area contributed by atoms with E-state index in [-0.39, 0.29) is 11.6 Å². The van der Waals surface area contributed by atoms with Gasteiger partial charge in [-0.3, -0.25) is 4.79 Å². The number of aromatic carboxylic acids is 1. The zero-order chi connectivity index (χ0) is 14.7. The van der Waals surface area contributed by atoms with E-state index in [1.807, 2.05) is 13.0 Å². The van der Waals surface area contributed by atoms with Gasteiger partial charge in [0, 0.05) is 4.88 Å². The predicted molar refractivity (Wildman–Crippen MR) is 77.6 cm³/mol. The molecule has 0 spiro atoms. The van der Waals surface area contributed by atoms with E-state index in [1.54, 1.807) is 0 Å². The Morgan fingerprint density at radius 3 is 2.65 bits per heavy atom. The third kappa shape index (κ3) is 3.03. The Bertz CT molecular complexity index is 647. The third-order valence-corrected chi connectivity index (χ3v) is 4.19. The number of pyridine rings is 1. The van der Waals surface area contributed by atoms with Gasteiger partial charge in [-0.05, 0) is 37.1 Å². The number of anilines is 1. The van der Waals surface area contributed by atoms with Crippen LogP contribution in [0.5, 0.6) is 0 Å². The molecule has 20 heavy (non-hydrogen) atoms. The van der Waals surface area contributed by atoms with Crippen LogP contribution in [0.4, 0.5) is 5.69 Å². The minimum Gasteiger partial charge on any atom is -0.477 e. The van der Waals surface area contributed by atoms with E-state index in [0.717, 1.165) is 12.0 Å². The Morgan fingerprint density at radius 1 is 1.40 bits per heavy atom. The van der Waals surface area contributed by atoms with Crippen molar-refractivity contribution in [2.75, 3.05) is 5.32 Å². The van der Waals surface area contributed by atoms with Crippen molar-refractivity contribution in [1.82, 2.24) is 4.98 Å². The molecule has 1 amide bonds. The average molecular weight is 290 g/mol. The van der Waals surface area contributed by atoms with Crippen molar-refractivity contribution in [1.29, 1.82) is 0 Å². The van der Waals surface area contributed by atoms with Crippen LogP contribution >= 0.6 is 11.3 Å². The molecule has 2 rings (SSSR count). The van der Waals surface area contributed by atoms with Gasteiger partial charge < -0.3 is 10.4 Å². The summed E-state index contributed by atoms with van der Waals surface area (Å²) in [5, 5.41) is 11.5. The van der Waals surface area contributed by atoms with E-state index in [9.17, 15) is 9.59 Å². The third-order valence-electron chi connectivity index (χ3n) is 2.81. The van der Waals surface area contributed by atoms with E-state index < -0.39 is 5.97 Å². The minimum atomic E-state index is -1.09. The molecule has 0 saturated heterocycles. The Balaban J connectivity index is 2.12. The lowest BCUT2D eigenvalue weighted by Crippen LogP contribution is -2.11. The number of nitrogens with one attached hydrogen (secondary N) is 1. The predicted octanol–water partition coefficient (Wildman–Crippen LogP) is 2.96. The SMILES string of the molecule is CCc1sc(C(=O)Nc2ccc(C(=O)O)nc2)cc1C. The summed E-state index contributed by atoms with van der Waals surface area (Å²) < 4.78 is 0. The first-order chi connectivity index (χ1) is 9.51. The Labute approximate surface area is 120 Å². The standard InChI is InChI=1S/C14H14N2O3S/c1-3-11-8(2)6-12(20-11)13(17)16-9-4-5-10(14(18)19)15-7-9/h4-7H,3H2,1-2H3,(H,16,17)(H,18,19). The lowest BCUT2D eigenvalue weighted by Gasteiger charge is -2.03. The Kier molecular flexibility index (Phi) is 4.14. The van der Waals surface area contributed by atoms with Crippen LogP contribution in [-0.2, 0) is 6.42 Å². The van der Waals surface area contributed by atoms with Crippen LogP contribution < -0.4 is 5.32 Å². The number of hydrogen-bond donors (Lipinski definition) is 2. The van der Waals surface area contributed by atoms with Crippen LogP contribution in [0.2, 0.25) is 0 Å². The minimum absolute atomic E-state index is 0.0526. The second kappa shape index (κ2) is 5.83. The highest BCUT2D eigenvalue weighted by atomic mass is 32.1. The monoisotopic (exact) mass is 290 g/mol. The van der Waals surface area contributed by atoms with Crippen LogP contribution in [0, 0.1) is 6.92 Å². The van der Waals surface area contributed by atoms with Gasteiger partial charge in [-0.25, -0.2) is 9.78 Å². The maximum absolute atomic E-state index is 12.1. The summed E-state index contributed by atoms with van der Waals surface area (Å²) >= 11 is 1.47. The molecular formula is C14H14N2O3S. The van der Waals surface area contributed by atoms with Gasteiger partial charge in [0.05, 0.1) is 16.8 Å². The molecule has 2 N–H and O–H groups in total. The van der Waals surface area contributed by atoms with Gasteiger partial charge in [0.25, 0.3) is 5.91 Å². The van der Waals surface area contributed by atoms with E-state index in [4.69, 9.17) is 5.11 Å². The van der Waals surface area contributed by atoms with Crippen LogP contribution in [0.3, 0.4) is 0 Å². The summed E-state index contributed by atoms with van der Waals surface area (Å²) in [7, 11) is 0. The maximum Gasteiger partial charge on any atom is 0.354 e. The molecule has 2 heterocycles. The number of amides is 1. The van der Waals surface area contributed by atoms with Gasteiger partial charge in [-0.15, -0.1) is 11.3 Å². The lowest BCUT2D eigenvalue weighted by molar-refractivity contribution is 0.0690. The van der Waals surface area contributed by atoms with E-state index in [0.29, 0.717) is 10.6 Å². The highest BCUT2D eigenvalue weighted by Gasteiger charge is 2.12. The van der Waals surface area contributed by atoms with E-state index in [2.05, 4.69) is 17.2 Å². The smallest absolute Gasteiger partial charge is 0.354 e. The molecule has 0 aliphatic heterocycles. The molecule has 6 heteroatoms. The fourth-order valence-electron chi connectivity index (χ4n) is 1.77. The summed E-state index contributed by atoms with van der Waals surface area (Å²) in [6, 6.07) is 4.74. The van der Waals surface area contributed by atoms with E-state index in [1.165, 1.54) is 34.5 Å². The van der Waals surface area contributed by atoms with Crippen LogP contribution in [0.1, 0.15) is 37.5 Å². The summed E-state index contributed by atoms with van der Waals surface area (Å²) in [5.41, 5.74) is 1.54. The average Bonchev–Trinajstić information content (AvgIpc) is 2.80. The molecule has 0 unspecified atom stereocenters. The highest BCUT2D eigenvalue weighted by Crippen LogP contribution is 2.23. The van der Waals surface area contributed by atoms with Gasteiger partial charge in [0.1, 0.15) is 5.69 Å². The Hall–Kier alpha value is -2.21. The number of nitrogens with zero attached hydrogens (tertiary/aromatic N) is 1. The van der Waals surface area contributed by atoms with Crippen molar-refractivity contribution in [2.24, 2.45) is 0 Å². The largest absolute Gasteiger partial charge is 0.477 e. The van der Waals surface area contributed by atoms with Crippen LogP contribution in [0.15, 0.2) is 24.4 Å². The number of rotatable bonds is 4. The fourth-order valence-corrected chi connectivity index (χ4v) is 2.78. The lowest BCUT2D eigenvalue weighted by atomic mass is 10.2. The highest BCUT2D eigenvalue weighted by molar-refractivity contribution is 7.14. The summed E-state index contributed by atoms with van der Waals surface area (Å²) in [6.45, 7) is 4.03. The number of hydrogen-bond acceptors (Lipinski definition) is 4. The number of aryl methyl sites for hydroxylation is 2. The second-order valence-corrected chi connectivity index (χ2v) is 5.40. The molecule has 0 saturated carbocycles. The number of carbonyl (C=O) groups excluding carboxylic acids is 1. The number of aromatic nitrogens is 1. The number of carboxylic acids is 1. The van der Waals surface area contributed by atoms with Gasteiger partial charge in [0.15, 0.2) is 0 Å². The van der Waals surface area contributed by atoms with Crippen molar-refractivity contribution >= 4 is 28.9 Å². The molecule has 2 aromatic heterocycles. The molecule has 0 fully saturated rings. The molecular weight excluding hydrogens is 276 g/mol. The van der Waals surface area contributed by atoms with Crippen molar-refractivity contribution in [3.05, 3.63) is 45.4 Å². The molecule has 2 aromatic rings. The molecule has 0 aromatic carbocycles. The number of carboxylic acid groups (broad SMARTS) is 1. The van der Waals surface area contributed by atoms with Gasteiger partial charge >= 0.3 is 5.97 Å². The summed E-state index contributed by atoms with van der Waals surface area (Å²) in [4.78, 5) is 28.3. The summed E-state index contributed by atoms with van der Waals surface area (Å²) in [6.07, 6.45) is 2.24. The van der Waals surface area contributed by atoms with Gasteiger partial charge in [-0.1, -0.05) is 6.92 Å². The first kappa shape index (κ1) is 14.2. The van der Waals surface area contributed by atoms with E-state index >= 15 is 0 Å². The molecule has 0 aliphatic rings. The first-order valence-electron chi connectivity index (χ1n) is 6.11. The van der Waals surface area contributed by atoms with Gasteiger partial charge in [-0.2, -0.15) is 0 Å². The second-order valence-electron chi connectivity index (χ2n) is 4.26. The van der Waals surface area contributed by atoms with Crippen molar-refractivity contribution in [2.45, 2.75) is 20.3 Å². The molecule has 104 valence electrons. The zero-order valence-electron chi connectivity index (χ0n) is 11.1. The van der Waals surface area contributed by atoms with Crippen molar-refractivity contribution in [3.63, 3.8) is 0 Å². The van der Waals surface area contributed by atoms with Crippen LogP contribution in [0.25, 0.3) is 0 Å². The first-order valence-corrected chi connectivity index (χ1v) is 6.93. The van der Waals surface area contributed by atoms with Gasteiger partial charge in [0.2, 0.25) is 0 Å². The molecule has 0 aliphatic carbocycles. The molecule has 0 bridgehead atoms. The van der Waals surface area contributed by atoms with Crippen molar-refractivity contribution in [3.8, 4) is 0 Å². The van der Waals surface area contributed by atoms with Crippen LogP contribution in [-0.4, -0.2) is 22.0 Å². The summed E-state index contributed by atoms with van der Waals surface area (Å²) in [5.74, 6) is -1.30. The zero-order valence-corrected chi connectivity index (χ0v) is 12.0. The quantitative estimate of drug-likeness (QED) is 0.907. The number of carbonyl (C=O) groups is 2. The molecule has 0 atom stereocenters. The van der Waals surface area contributed by atoms with Crippen molar-refractivity contribution < 1.29 is 14.7 Å².